The van der Waals surface area contributed by atoms with Crippen molar-refractivity contribution in [3.05, 3.63) is 0 Å². The Bertz CT molecular complexity index is 350. The fourth-order valence-electron chi connectivity index (χ4n) is 1.53. The molecule has 0 amide bonds. The molecule has 0 radical (unpaired) electrons. The van der Waals surface area contributed by atoms with Gasteiger partial charge in [0.2, 0.25) is 5.16 Å². The molecule has 6 nitrogen and oxygen atoms in total. The van der Waals surface area contributed by atoms with E-state index >= 15 is 0 Å². The summed E-state index contributed by atoms with van der Waals surface area (Å²) in [6, 6.07) is 0. The summed E-state index contributed by atoms with van der Waals surface area (Å²) in [5, 5.41) is 24.8. The van der Waals surface area contributed by atoms with Crippen LogP contribution in [0.25, 0.3) is 0 Å². The lowest BCUT2D eigenvalue weighted by molar-refractivity contribution is 0.284. The Morgan fingerprint density at radius 1 is 1.26 bits per heavy atom. The molecule has 0 bridgehead atoms. The average Bonchev–Trinajstić information content (AvgIpc) is 2.75. The third-order valence-corrected chi connectivity index (χ3v) is 3.55. The molecule has 0 aliphatic rings. The Kier molecular flexibility index (Phi) is 7.33. The summed E-state index contributed by atoms with van der Waals surface area (Å²) in [5.41, 5.74) is 0.117. The minimum Gasteiger partial charge on any atom is -0.396 e. The topological polar surface area (TPSA) is 75.9 Å². The summed E-state index contributed by atoms with van der Waals surface area (Å²) in [6.07, 6.45) is 3.01. The molecule has 2 N–H and O–H groups in total. The van der Waals surface area contributed by atoms with Crippen LogP contribution in [0.15, 0.2) is 5.16 Å². The van der Waals surface area contributed by atoms with Gasteiger partial charge in [-0.2, -0.15) is 0 Å². The maximum atomic E-state index is 8.71. The van der Waals surface area contributed by atoms with Crippen LogP contribution in [-0.2, 0) is 6.54 Å². The zero-order valence-corrected chi connectivity index (χ0v) is 12.9. The van der Waals surface area contributed by atoms with Crippen LogP contribution in [0.4, 0.5) is 0 Å². The number of hydrogen-bond acceptors (Lipinski definition) is 6. The summed E-state index contributed by atoms with van der Waals surface area (Å²) >= 11 is 1.68. The number of aliphatic hydroxyl groups is 1. The second-order valence-corrected chi connectivity index (χ2v) is 6.56. The summed E-state index contributed by atoms with van der Waals surface area (Å²) in [7, 11) is 0. The standard InChI is InChI=1S/C12H25N5OS/c1-12(2,3)13-7-8-17-11(14-15-16-17)19-10-6-4-5-9-18/h13,18H,4-10H2,1-3H3. The van der Waals surface area contributed by atoms with Gasteiger partial charge in [0.15, 0.2) is 0 Å². The summed E-state index contributed by atoms with van der Waals surface area (Å²) in [5.74, 6) is 0.993. The third-order valence-electron chi connectivity index (χ3n) is 2.51. The van der Waals surface area contributed by atoms with Crippen LogP contribution in [0, 0.1) is 0 Å². The molecule has 110 valence electrons. The Morgan fingerprint density at radius 2 is 2.05 bits per heavy atom. The van der Waals surface area contributed by atoms with Crippen LogP contribution in [0.1, 0.15) is 40.0 Å². The van der Waals surface area contributed by atoms with Gasteiger partial charge >= 0.3 is 0 Å². The Hall–Kier alpha value is -0.660. The fraction of sp³-hybridized carbons (Fsp3) is 0.917. The van der Waals surface area contributed by atoms with Crippen molar-refractivity contribution in [2.24, 2.45) is 0 Å². The first-order valence-electron chi connectivity index (χ1n) is 6.78. The van der Waals surface area contributed by atoms with Crippen LogP contribution in [-0.4, -0.2) is 49.8 Å². The van der Waals surface area contributed by atoms with Gasteiger partial charge in [-0.05, 0) is 44.0 Å². The number of nitrogens with one attached hydrogen (secondary N) is 1. The number of unbranched alkanes of at least 4 members (excludes halogenated alkanes) is 2. The molecule has 0 saturated carbocycles. The van der Waals surface area contributed by atoms with Gasteiger partial charge in [-0.25, -0.2) is 4.68 Å². The second-order valence-electron chi connectivity index (χ2n) is 5.49. The van der Waals surface area contributed by atoms with Gasteiger partial charge in [-0.3, -0.25) is 0 Å². The molecule has 0 aliphatic carbocycles. The average molecular weight is 287 g/mol. The highest BCUT2D eigenvalue weighted by Gasteiger charge is 2.10. The number of aromatic nitrogens is 4. The lowest BCUT2D eigenvalue weighted by atomic mass is 10.1. The fourth-order valence-corrected chi connectivity index (χ4v) is 2.43. The van der Waals surface area contributed by atoms with E-state index in [2.05, 4.69) is 41.6 Å². The van der Waals surface area contributed by atoms with Crippen LogP contribution in [0.3, 0.4) is 0 Å². The molecule has 1 rings (SSSR count). The number of thioether (sulfide) groups is 1. The molecule has 0 saturated heterocycles. The van der Waals surface area contributed by atoms with Crippen LogP contribution < -0.4 is 5.32 Å². The van der Waals surface area contributed by atoms with Crippen molar-refractivity contribution in [2.45, 2.75) is 57.3 Å². The Balaban J connectivity index is 2.26. The van der Waals surface area contributed by atoms with E-state index in [0.29, 0.717) is 0 Å². The molecule has 1 heterocycles. The SMILES string of the molecule is CC(C)(C)NCCn1nnnc1SCCCCCO. The highest BCUT2D eigenvalue weighted by atomic mass is 32.2. The van der Waals surface area contributed by atoms with Gasteiger partial charge in [0, 0.05) is 24.4 Å². The number of hydrogen-bond donors (Lipinski definition) is 2. The largest absolute Gasteiger partial charge is 0.396 e. The molecule has 1 aromatic heterocycles. The molecule has 0 atom stereocenters. The molecular weight excluding hydrogens is 262 g/mol. The summed E-state index contributed by atoms with van der Waals surface area (Å²) in [6.45, 7) is 8.34. The number of aliphatic hydroxyl groups excluding tert-OH is 1. The van der Waals surface area contributed by atoms with Crippen LogP contribution in [0.5, 0.6) is 0 Å². The maximum absolute atomic E-state index is 8.71. The Labute approximate surface area is 119 Å². The molecule has 19 heavy (non-hydrogen) atoms. The lowest BCUT2D eigenvalue weighted by Crippen LogP contribution is -2.38. The first-order chi connectivity index (χ1) is 9.03. The highest BCUT2D eigenvalue weighted by molar-refractivity contribution is 7.99. The van der Waals surface area contributed by atoms with Crippen LogP contribution >= 0.6 is 11.8 Å². The van der Waals surface area contributed by atoms with Gasteiger partial charge in [0.05, 0.1) is 6.54 Å². The molecule has 0 unspecified atom stereocenters. The third kappa shape index (κ3) is 7.49. The first-order valence-corrected chi connectivity index (χ1v) is 7.76. The van der Waals surface area contributed by atoms with E-state index in [0.717, 1.165) is 43.3 Å². The van der Waals surface area contributed by atoms with Crippen molar-refractivity contribution < 1.29 is 5.11 Å². The van der Waals surface area contributed by atoms with E-state index in [-0.39, 0.29) is 12.1 Å². The summed E-state index contributed by atoms with van der Waals surface area (Å²) in [4.78, 5) is 0. The monoisotopic (exact) mass is 287 g/mol. The highest BCUT2D eigenvalue weighted by Crippen LogP contribution is 2.15. The van der Waals surface area contributed by atoms with E-state index in [1.807, 2.05) is 4.68 Å². The minimum atomic E-state index is 0.117. The van der Waals surface area contributed by atoms with E-state index in [1.165, 1.54) is 0 Å². The quantitative estimate of drug-likeness (QED) is 0.527. The predicted octanol–water partition coefficient (Wildman–Crippen LogP) is 1.32. The number of tetrazole rings is 1. The molecule has 1 aromatic rings. The molecule has 0 spiro atoms. The van der Waals surface area contributed by atoms with Crippen molar-refractivity contribution in [3.63, 3.8) is 0 Å². The first kappa shape index (κ1) is 16.4. The normalized spacial score (nSPS) is 12.0. The molecule has 0 fully saturated rings. The van der Waals surface area contributed by atoms with Crippen molar-refractivity contribution >= 4 is 11.8 Å². The van der Waals surface area contributed by atoms with E-state index in [9.17, 15) is 0 Å². The lowest BCUT2D eigenvalue weighted by Gasteiger charge is -2.20. The Morgan fingerprint density at radius 3 is 2.74 bits per heavy atom. The maximum Gasteiger partial charge on any atom is 0.209 e. The van der Waals surface area contributed by atoms with Crippen molar-refractivity contribution in [3.8, 4) is 0 Å². The number of rotatable bonds is 9. The molecular formula is C12H25N5OS. The zero-order valence-electron chi connectivity index (χ0n) is 12.1. The van der Waals surface area contributed by atoms with Crippen molar-refractivity contribution in [1.82, 2.24) is 25.5 Å². The van der Waals surface area contributed by atoms with Crippen LogP contribution in [0.2, 0.25) is 0 Å². The van der Waals surface area contributed by atoms with Gasteiger partial charge < -0.3 is 10.4 Å². The van der Waals surface area contributed by atoms with Gasteiger partial charge in [-0.1, -0.05) is 18.2 Å². The minimum absolute atomic E-state index is 0.117. The molecule has 0 aliphatic heterocycles. The van der Waals surface area contributed by atoms with Gasteiger partial charge in [-0.15, -0.1) is 5.10 Å². The molecule has 0 aromatic carbocycles. The van der Waals surface area contributed by atoms with Gasteiger partial charge in [0.25, 0.3) is 0 Å². The number of nitrogens with zero attached hydrogens (tertiary/aromatic N) is 4. The molecule has 7 heteroatoms. The summed E-state index contributed by atoms with van der Waals surface area (Å²) < 4.78 is 1.84. The zero-order chi connectivity index (χ0) is 14.1. The predicted molar refractivity (Wildman–Crippen MR) is 77.2 cm³/mol. The smallest absolute Gasteiger partial charge is 0.209 e. The van der Waals surface area contributed by atoms with E-state index < -0.39 is 0 Å². The second kappa shape index (κ2) is 8.50. The van der Waals surface area contributed by atoms with Gasteiger partial charge in [0.1, 0.15) is 0 Å². The van der Waals surface area contributed by atoms with E-state index in [4.69, 9.17) is 5.11 Å². The van der Waals surface area contributed by atoms with E-state index in [1.54, 1.807) is 11.8 Å². The van der Waals surface area contributed by atoms with Crippen molar-refractivity contribution in [1.29, 1.82) is 0 Å². The van der Waals surface area contributed by atoms with Crippen molar-refractivity contribution in [2.75, 3.05) is 18.9 Å².